The molecular formula is C25H30N2O5. The van der Waals surface area contributed by atoms with Crippen LogP contribution in [0.3, 0.4) is 0 Å². The predicted molar refractivity (Wildman–Crippen MR) is 123 cm³/mol. The van der Waals surface area contributed by atoms with Crippen LogP contribution < -0.4 is 14.8 Å². The number of ether oxygens (including phenoxy) is 3. The maximum absolute atomic E-state index is 13.1. The molecule has 170 valence electrons. The van der Waals surface area contributed by atoms with E-state index in [0.717, 1.165) is 10.9 Å². The number of fused-ring (bicyclic) bond motifs is 1. The first-order valence-corrected chi connectivity index (χ1v) is 10.4. The van der Waals surface area contributed by atoms with E-state index in [9.17, 15) is 9.59 Å². The number of aromatic nitrogens is 1. The van der Waals surface area contributed by atoms with Gasteiger partial charge in [-0.2, -0.15) is 0 Å². The summed E-state index contributed by atoms with van der Waals surface area (Å²) < 4.78 is 15.5. The second-order valence-electron chi connectivity index (χ2n) is 8.66. The maximum atomic E-state index is 13.1. The molecule has 7 heteroatoms. The number of benzene rings is 2. The number of methoxy groups -OCH3 is 3. The molecule has 0 saturated carbocycles. The number of nitrogens with one attached hydrogen (secondary N) is 2. The van der Waals surface area contributed by atoms with Crippen molar-refractivity contribution in [3.05, 3.63) is 59.3 Å². The highest BCUT2D eigenvalue weighted by atomic mass is 16.5. The molecule has 0 aliphatic heterocycles. The van der Waals surface area contributed by atoms with E-state index in [0.29, 0.717) is 22.8 Å². The van der Waals surface area contributed by atoms with Crippen LogP contribution in [0.15, 0.2) is 42.5 Å². The summed E-state index contributed by atoms with van der Waals surface area (Å²) >= 11 is 0. The van der Waals surface area contributed by atoms with Crippen LogP contribution in [0, 0.1) is 0 Å². The lowest BCUT2D eigenvalue weighted by molar-refractivity contribution is -0.141. The molecule has 32 heavy (non-hydrogen) atoms. The van der Waals surface area contributed by atoms with Crippen LogP contribution in [0.5, 0.6) is 11.5 Å². The number of H-pyrrole nitrogens is 1. The molecule has 0 radical (unpaired) electrons. The molecule has 3 aromatic rings. The molecule has 7 nitrogen and oxygen atoms in total. The summed E-state index contributed by atoms with van der Waals surface area (Å²) in [5.41, 5.74) is 3.18. The molecule has 1 atom stereocenters. The van der Waals surface area contributed by atoms with Gasteiger partial charge in [0.2, 0.25) is 0 Å². The summed E-state index contributed by atoms with van der Waals surface area (Å²) in [6, 6.07) is 12.6. The van der Waals surface area contributed by atoms with Crippen LogP contribution in [-0.2, 0) is 14.9 Å². The van der Waals surface area contributed by atoms with Gasteiger partial charge in [0.1, 0.15) is 5.69 Å². The van der Waals surface area contributed by atoms with Crippen molar-refractivity contribution >= 4 is 22.8 Å². The lowest BCUT2D eigenvalue weighted by Gasteiger charge is -2.19. The second-order valence-corrected chi connectivity index (χ2v) is 8.66. The van der Waals surface area contributed by atoms with Gasteiger partial charge in [0, 0.05) is 10.9 Å². The number of carbonyl (C=O) groups excluding carboxylic acids is 2. The van der Waals surface area contributed by atoms with Crippen molar-refractivity contribution in [2.24, 2.45) is 0 Å². The number of amides is 1. The van der Waals surface area contributed by atoms with E-state index in [1.807, 2.05) is 6.07 Å². The molecule has 2 N–H and O–H groups in total. The van der Waals surface area contributed by atoms with Gasteiger partial charge in [-0.15, -0.1) is 0 Å². The minimum atomic E-state index is -0.605. The molecule has 0 bridgehead atoms. The van der Waals surface area contributed by atoms with Crippen LogP contribution >= 0.6 is 0 Å². The van der Waals surface area contributed by atoms with Crippen molar-refractivity contribution in [3.63, 3.8) is 0 Å². The number of hydrogen-bond acceptors (Lipinski definition) is 5. The lowest BCUT2D eigenvalue weighted by atomic mass is 9.87. The van der Waals surface area contributed by atoms with Gasteiger partial charge in [-0.25, -0.2) is 0 Å². The van der Waals surface area contributed by atoms with E-state index < -0.39 is 12.0 Å². The van der Waals surface area contributed by atoms with Gasteiger partial charge < -0.3 is 24.5 Å². The Kier molecular flexibility index (Phi) is 6.77. The van der Waals surface area contributed by atoms with Crippen molar-refractivity contribution in [3.8, 4) is 11.5 Å². The number of esters is 1. The van der Waals surface area contributed by atoms with Crippen LogP contribution in [0.4, 0.5) is 0 Å². The minimum Gasteiger partial charge on any atom is -0.493 e. The molecule has 0 aliphatic carbocycles. The molecule has 0 aliphatic rings. The van der Waals surface area contributed by atoms with Crippen LogP contribution in [-0.4, -0.2) is 38.2 Å². The smallest absolute Gasteiger partial charge is 0.307 e. The predicted octanol–water partition coefficient (Wildman–Crippen LogP) is 4.52. The zero-order chi connectivity index (χ0) is 23.5. The highest BCUT2D eigenvalue weighted by molar-refractivity contribution is 5.98. The Balaban J connectivity index is 1.90. The fraction of sp³-hybridized carbons (Fsp3) is 0.360. The first-order chi connectivity index (χ1) is 15.2. The third-order valence-corrected chi connectivity index (χ3v) is 5.45. The summed E-state index contributed by atoms with van der Waals surface area (Å²) in [7, 11) is 4.40. The number of rotatable bonds is 7. The van der Waals surface area contributed by atoms with Gasteiger partial charge >= 0.3 is 5.97 Å². The van der Waals surface area contributed by atoms with E-state index in [1.54, 1.807) is 31.4 Å². The zero-order valence-corrected chi connectivity index (χ0v) is 19.4. The molecule has 1 amide bonds. The zero-order valence-electron chi connectivity index (χ0n) is 19.4. The highest BCUT2D eigenvalue weighted by Crippen LogP contribution is 2.31. The molecular weight excluding hydrogens is 408 g/mol. The molecule has 3 rings (SSSR count). The Morgan fingerprint density at radius 1 is 0.969 bits per heavy atom. The Hall–Kier alpha value is -3.48. The van der Waals surface area contributed by atoms with Crippen molar-refractivity contribution in [1.82, 2.24) is 10.3 Å². The molecule has 2 aromatic carbocycles. The molecule has 0 spiro atoms. The fourth-order valence-electron chi connectivity index (χ4n) is 3.52. The van der Waals surface area contributed by atoms with Gasteiger partial charge in [0.05, 0.1) is 33.8 Å². The van der Waals surface area contributed by atoms with E-state index in [-0.39, 0.29) is 17.7 Å². The molecule has 0 fully saturated rings. The summed E-state index contributed by atoms with van der Waals surface area (Å²) in [4.78, 5) is 28.3. The van der Waals surface area contributed by atoms with Crippen molar-refractivity contribution in [2.45, 2.75) is 38.6 Å². The van der Waals surface area contributed by atoms with Gasteiger partial charge in [-0.05, 0) is 40.8 Å². The Morgan fingerprint density at radius 3 is 2.31 bits per heavy atom. The molecule has 1 aromatic heterocycles. The van der Waals surface area contributed by atoms with E-state index >= 15 is 0 Å². The molecule has 1 unspecified atom stereocenters. The van der Waals surface area contributed by atoms with E-state index in [2.05, 4.69) is 43.2 Å². The van der Waals surface area contributed by atoms with Gasteiger partial charge in [-0.1, -0.05) is 39.0 Å². The van der Waals surface area contributed by atoms with Crippen molar-refractivity contribution in [2.75, 3.05) is 21.3 Å². The van der Waals surface area contributed by atoms with E-state index in [4.69, 9.17) is 14.2 Å². The molecule has 0 saturated heterocycles. The Labute approximate surface area is 188 Å². The summed E-state index contributed by atoms with van der Waals surface area (Å²) in [6.45, 7) is 6.43. The van der Waals surface area contributed by atoms with Crippen LogP contribution in [0.25, 0.3) is 10.9 Å². The topological polar surface area (TPSA) is 89.7 Å². The standard InChI is InChI=1S/C25H30N2O5/c1-25(2,3)17-9-7-15-11-20(26-18(15)13-17)24(29)27-19(14-23(28)32-6)16-8-10-21(30-4)22(12-16)31-5/h7-13,19,26H,14H2,1-6H3,(H,27,29). The summed E-state index contributed by atoms with van der Waals surface area (Å²) in [5.74, 6) is 0.317. The lowest BCUT2D eigenvalue weighted by Crippen LogP contribution is -2.30. The fourth-order valence-corrected chi connectivity index (χ4v) is 3.52. The average Bonchev–Trinajstić information content (AvgIpc) is 3.21. The monoisotopic (exact) mass is 438 g/mol. The third-order valence-electron chi connectivity index (χ3n) is 5.45. The second kappa shape index (κ2) is 9.34. The first-order valence-electron chi connectivity index (χ1n) is 10.4. The van der Waals surface area contributed by atoms with E-state index in [1.165, 1.54) is 19.8 Å². The highest BCUT2D eigenvalue weighted by Gasteiger charge is 2.22. The third kappa shape index (κ3) is 5.04. The summed E-state index contributed by atoms with van der Waals surface area (Å²) in [6.07, 6.45) is -0.0217. The maximum Gasteiger partial charge on any atom is 0.307 e. The van der Waals surface area contributed by atoms with Crippen molar-refractivity contribution < 1.29 is 23.8 Å². The van der Waals surface area contributed by atoms with Crippen molar-refractivity contribution in [1.29, 1.82) is 0 Å². The van der Waals surface area contributed by atoms with Gasteiger partial charge in [-0.3, -0.25) is 9.59 Å². The number of aromatic amines is 1. The first kappa shape index (κ1) is 23.2. The number of hydrogen-bond donors (Lipinski definition) is 2. The largest absolute Gasteiger partial charge is 0.493 e. The Bertz CT molecular complexity index is 1130. The van der Waals surface area contributed by atoms with Gasteiger partial charge in [0.15, 0.2) is 11.5 Å². The average molecular weight is 439 g/mol. The minimum absolute atomic E-state index is 0.000748. The SMILES string of the molecule is COC(=O)CC(NC(=O)c1cc2ccc(C(C)(C)C)cc2[nH]1)c1ccc(OC)c(OC)c1. The quantitative estimate of drug-likeness (QED) is 0.530. The summed E-state index contributed by atoms with van der Waals surface area (Å²) in [5, 5.41) is 3.89. The molecule has 1 heterocycles. The van der Waals surface area contributed by atoms with Crippen LogP contribution in [0.2, 0.25) is 0 Å². The van der Waals surface area contributed by atoms with Crippen LogP contribution in [0.1, 0.15) is 54.8 Å². The van der Waals surface area contributed by atoms with Gasteiger partial charge in [0.25, 0.3) is 5.91 Å². The number of carbonyl (C=O) groups is 2. The normalized spacial score (nSPS) is 12.3. The Morgan fingerprint density at radius 2 is 1.69 bits per heavy atom.